The summed E-state index contributed by atoms with van der Waals surface area (Å²) in [6.07, 6.45) is 5.00. The Kier molecular flexibility index (Phi) is 4.22. The molecule has 1 aliphatic carbocycles. The van der Waals surface area contributed by atoms with E-state index in [-0.39, 0.29) is 11.5 Å². The second-order valence-electron chi connectivity index (χ2n) is 6.75. The molecule has 0 aliphatic heterocycles. The van der Waals surface area contributed by atoms with Gasteiger partial charge in [-0.2, -0.15) is 0 Å². The van der Waals surface area contributed by atoms with Crippen molar-refractivity contribution in [3.05, 3.63) is 34.7 Å². The fraction of sp³-hybridized carbons (Fsp3) is 0.474. The first-order valence-corrected chi connectivity index (χ1v) is 8.47. The van der Waals surface area contributed by atoms with Gasteiger partial charge in [0.15, 0.2) is 0 Å². The molecule has 2 aromatic rings. The zero-order valence-electron chi connectivity index (χ0n) is 14.8. The molecule has 1 fully saturated rings. The number of hydrogen-bond acceptors (Lipinski definition) is 4. The first-order valence-electron chi connectivity index (χ1n) is 8.47. The summed E-state index contributed by atoms with van der Waals surface area (Å²) in [5.74, 6) is 0.671. The molecule has 1 saturated carbocycles. The maximum atomic E-state index is 11.8. The van der Waals surface area contributed by atoms with Crippen LogP contribution in [0.15, 0.2) is 17.7 Å². The number of carbonyl (C=O) groups is 1. The van der Waals surface area contributed by atoms with Crippen LogP contribution in [0.3, 0.4) is 0 Å². The fourth-order valence-corrected chi connectivity index (χ4v) is 3.28. The van der Waals surface area contributed by atoms with Crippen LogP contribution in [-0.2, 0) is 22.1 Å². The predicted octanol–water partition coefficient (Wildman–Crippen LogP) is 3.19. The predicted molar refractivity (Wildman–Crippen MR) is 95.5 cm³/mol. The van der Waals surface area contributed by atoms with Gasteiger partial charge in [0.1, 0.15) is 5.82 Å². The highest BCUT2D eigenvalue weighted by Gasteiger charge is 2.38. The molecule has 1 heterocycles. The van der Waals surface area contributed by atoms with Crippen molar-refractivity contribution in [3.63, 3.8) is 0 Å². The van der Waals surface area contributed by atoms with Gasteiger partial charge in [0.05, 0.1) is 23.2 Å². The van der Waals surface area contributed by atoms with Gasteiger partial charge in [0.25, 0.3) is 0 Å². The van der Waals surface area contributed by atoms with E-state index in [1.54, 1.807) is 6.92 Å². The number of aromatic nitrogens is 2. The maximum absolute atomic E-state index is 11.8. The molecule has 5 heteroatoms. The van der Waals surface area contributed by atoms with Crippen LogP contribution in [0.1, 0.15) is 50.1 Å². The highest BCUT2D eigenvalue weighted by atomic mass is 16.5. The van der Waals surface area contributed by atoms with Crippen molar-refractivity contribution in [3.8, 4) is 0 Å². The summed E-state index contributed by atoms with van der Waals surface area (Å²) in [6, 6.07) is 4.14. The van der Waals surface area contributed by atoms with E-state index in [1.165, 1.54) is 0 Å². The molecule has 0 bridgehead atoms. The minimum Gasteiger partial charge on any atom is -0.463 e. The number of imidazole rings is 1. The second kappa shape index (κ2) is 6.06. The SMILES string of the molecule is CCOC(=O)/C(C)=C/c1cc2c(cc1C)nc(C1(N)CCC1)n2C. The Hall–Kier alpha value is -2.14. The Morgan fingerprint density at radius 1 is 1.46 bits per heavy atom. The van der Waals surface area contributed by atoms with Crippen LogP contribution in [-0.4, -0.2) is 22.1 Å². The topological polar surface area (TPSA) is 70.1 Å². The second-order valence-corrected chi connectivity index (χ2v) is 6.75. The van der Waals surface area contributed by atoms with Crippen LogP contribution in [0.2, 0.25) is 0 Å². The average molecular weight is 327 g/mol. The van der Waals surface area contributed by atoms with Crippen molar-refractivity contribution in [2.24, 2.45) is 12.8 Å². The van der Waals surface area contributed by atoms with Crippen LogP contribution in [0.25, 0.3) is 17.1 Å². The molecule has 0 amide bonds. The molecular weight excluding hydrogens is 302 g/mol. The highest BCUT2D eigenvalue weighted by Crippen LogP contribution is 2.39. The minimum absolute atomic E-state index is 0.280. The Morgan fingerprint density at radius 2 is 2.17 bits per heavy atom. The van der Waals surface area contributed by atoms with Crippen molar-refractivity contribution in [2.75, 3.05) is 6.61 Å². The summed E-state index contributed by atoms with van der Waals surface area (Å²) >= 11 is 0. The molecule has 0 unspecified atom stereocenters. The number of rotatable bonds is 4. The highest BCUT2D eigenvalue weighted by molar-refractivity contribution is 5.94. The third kappa shape index (κ3) is 2.73. The molecule has 3 rings (SSSR count). The van der Waals surface area contributed by atoms with E-state index in [2.05, 4.69) is 16.7 Å². The monoisotopic (exact) mass is 327 g/mol. The number of fused-ring (bicyclic) bond motifs is 1. The van der Waals surface area contributed by atoms with Gasteiger partial charge in [0.2, 0.25) is 0 Å². The number of aryl methyl sites for hydroxylation is 2. The fourth-order valence-electron chi connectivity index (χ4n) is 3.28. The van der Waals surface area contributed by atoms with Crippen LogP contribution < -0.4 is 5.73 Å². The lowest BCUT2D eigenvalue weighted by molar-refractivity contribution is -0.138. The molecule has 1 aliphatic rings. The van der Waals surface area contributed by atoms with Gasteiger partial charge >= 0.3 is 5.97 Å². The molecule has 24 heavy (non-hydrogen) atoms. The number of ether oxygens (including phenoxy) is 1. The van der Waals surface area contributed by atoms with E-state index in [1.807, 2.05) is 27.0 Å². The zero-order chi connectivity index (χ0) is 17.5. The lowest BCUT2D eigenvalue weighted by Crippen LogP contribution is -2.45. The van der Waals surface area contributed by atoms with Crippen LogP contribution in [0, 0.1) is 6.92 Å². The quantitative estimate of drug-likeness (QED) is 0.691. The Balaban J connectivity index is 2.05. The molecule has 5 nitrogen and oxygen atoms in total. The smallest absolute Gasteiger partial charge is 0.333 e. The first kappa shape index (κ1) is 16.7. The number of carbonyl (C=O) groups excluding carboxylic acids is 1. The Bertz CT molecular complexity index is 829. The van der Waals surface area contributed by atoms with Gasteiger partial charge in [-0.15, -0.1) is 0 Å². The van der Waals surface area contributed by atoms with Gasteiger partial charge in [-0.25, -0.2) is 9.78 Å². The summed E-state index contributed by atoms with van der Waals surface area (Å²) in [7, 11) is 2.01. The van der Waals surface area contributed by atoms with Crippen molar-refractivity contribution < 1.29 is 9.53 Å². The van der Waals surface area contributed by atoms with Gasteiger partial charge in [-0.05, 0) is 69.4 Å². The van der Waals surface area contributed by atoms with E-state index in [9.17, 15) is 4.79 Å². The van der Waals surface area contributed by atoms with Crippen molar-refractivity contribution in [1.82, 2.24) is 9.55 Å². The Labute approximate surface area is 142 Å². The lowest BCUT2D eigenvalue weighted by atomic mass is 9.77. The summed E-state index contributed by atoms with van der Waals surface area (Å²) in [6.45, 7) is 5.99. The number of esters is 1. The van der Waals surface area contributed by atoms with Gasteiger partial charge < -0.3 is 15.0 Å². The standard InChI is InChI=1S/C19H25N3O2/c1-5-24-17(23)13(3)9-14-11-16-15(10-12(14)2)21-18(22(16)4)19(20)7-6-8-19/h9-11H,5-8,20H2,1-4H3/b13-9+. The molecular formula is C19H25N3O2. The normalized spacial score (nSPS) is 17.0. The van der Waals surface area contributed by atoms with Crippen LogP contribution >= 0.6 is 0 Å². The minimum atomic E-state index is -0.293. The van der Waals surface area contributed by atoms with Gasteiger partial charge in [-0.1, -0.05) is 0 Å². The van der Waals surface area contributed by atoms with Crippen molar-refractivity contribution in [2.45, 2.75) is 45.6 Å². The number of benzene rings is 1. The number of nitrogens with zero attached hydrogens (tertiary/aromatic N) is 2. The average Bonchev–Trinajstić information content (AvgIpc) is 2.82. The molecule has 0 saturated heterocycles. The maximum Gasteiger partial charge on any atom is 0.333 e. The molecule has 0 spiro atoms. The summed E-state index contributed by atoms with van der Waals surface area (Å²) in [5.41, 5.74) is 10.8. The van der Waals surface area contributed by atoms with Gasteiger partial charge in [-0.3, -0.25) is 0 Å². The van der Waals surface area contributed by atoms with Gasteiger partial charge in [0, 0.05) is 12.6 Å². The molecule has 128 valence electrons. The third-order valence-corrected chi connectivity index (χ3v) is 4.93. The Morgan fingerprint density at radius 3 is 2.75 bits per heavy atom. The summed E-state index contributed by atoms with van der Waals surface area (Å²) < 4.78 is 7.14. The molecule has 0 radical (unpaired) electrons. The number of hydrogen-bond donors (Lipinski definition) is 1. The molecule has 1 aromatic heterocycles. The third-order valence-electron chi connectivity index (χ3n) is 4.93. The first-order chi connectivity index (χ1) is 11.4. The van der Waals surface area contributed by atoms with Crippen molar-refractivity contribution >= 4 is 23.1 Å². The molecule has 2 N–H and O–H groups in total. The van der Waals surface area contributed by atoms with Crippen LogP contribution in [0.4, 0.5) is 0 Å². The van der Waals surface area contributed by atoms with E-state index in [4.69, 9.17) is 15.5 Å². The van der Waals surface area contributed by atoms with E-state index < -0.39 is 0 Å². The largest absolute Gasteiger partial charge is 0.463 e. The van der Waals surface area contributed by atoms with E-state index in [0.717, 1.165) is 47.2 Å². The van der Waals surface area contributed by atoms with Crippen LogP contribution in [0.5, 0.6) is 0 Å². The van der Waals surface area contributed by atoms with E-state index >= 15 is 0 Å². The summed E-state index contributed by atoms with van der Waals surface area (Å²) in [4.78, 5) is 16.6. The molecule has 0 atom stereocenters. The summed E-state index contributed by atoms with van der Waals surface area (Å²) in [5, 5.41) is 0. The zero-order valence-corrected chi connectivity index (χ0v) is 14.8. The lowest BCUT2D eigenvalue weighted by Gasteiger charge is -2.37. The van der Waals surface area contributed by atoms with E-state index in [0.29, 0.717) is 12.2 Å². The van der Waals surface area contributed by atoms with Crippen molar-refractivity contribution in [1.29, 1.82) is 0 Å². The molecule has 1 aromatic carbocycles. The number of nitrogens with two attached hydrogens (primary N) is 1.